The normalized spacial score (nSPS) is 12.3. The number of nitrogens with zero attached hydrogens (tertiary/aromatic N) is 1. The number of rotatable bonds is 8. The van der Waals surface area contributed by atoms with E-state index in [-0.39, 0.29) is 17.7 Å². The van der Waals surface area contributed by atoms with E-state index in [0.29, 0.717) is 31.8 Å². The number of amides is 2. The highest BCUT2D eigenvalue weighted by Crippen LogP contribution is 2.13. The van der Waals surface area contributed by atoms with Crippen molar-refractivity contribution in [3.05, 3.63) is 0 Å². The van der Waals surface area contributed by atoms with Gasteiger partial charge in [0, 0.05) is 33.5 Å². The summed E-state index contributed by atoms with van der Waals surface area (Å²) in [7, 11) is 3.41. The Balaban J connectivity index is 3.85. The Kier molecular flexibility index (Phi) is 8.37. The molecule has 1 atom stereocenters. The molecule has 0 aliphatic rings. The van der Waals surface area contributed by atoms with Gasteiger partial charge >= 0.3 is 0 Å². The van der Waals surface area contributed by atoms with Gasteiger partial charge in [0.2, 0.25) is 11.8 Å². The molecule has 0 bridgehead atoms. The van der Waals surface area contributed by atoms with E-state index in [1.165, 1.54) is 4.90 Å². The highest BCUT2D eigenvalue weighted by atomic mass is 16.2. The van der Waals surface area contributed by atoms with E-state index >= 15 is 0 Å². The second kappa shape index (κ2) is 8.91. The van der Waals surface area contributed by atoms with Gasteiger partial charge in [-0.3, -0.25) is 9.59 Å². The lowest BCUT2D eigenvalue weighted by atomic mass is 9.94. The van der Waals surface area contributed by atoms with Crippen LogP contribution in [-0.2, 0) is 9.59 Å². The predicted molar refractivity (Wildman–Crippen MR) is 72.9 cm³/mol. The van der Waals surface area contributed by atoms with Crippen LogP contribution in [0.1, 0.15) is 33.1 Å². The van der Waals surface area contributed by atoms with E-state index in [9.17, 15) is 9.59 Å². The zero-order valence-corrected chi connectivity index (χ0v) is 12.0. The third-order valence-electron chi connectivity index (χ3n) is 2.77. The van der Waals surface area contributed by atoms with Crippen molar-refractivity contribution in [3.8, 4) is 0 Å². The van der Waals surface area contributed by atoms with Crippen LogP contribution in [0.5, 0.6) is 0 Å². The first-order valence-electron chi connectivity index (χ1n) is 6.53. The maximum absolute atomic E-state index is 11.7. The van der Waals surface area contributed by atoms with Gasteiger partial charge in [-0.15, -0.1) is 0 Å². The molecule has 0 aliphatic heterocycles. The van der Waals surface area contributed by atoms with E-state index in [4.69, 9.17) is 5.73 Å². The molecule has 0 aliphatic carbocycles. The van der Waals surface area contributed by atoms with Crippen LogP contribution in [0, 0.1) is 11.8 Å². The molecule has 0 radical (unpaired) electrons. The quantitative estimate of drug-likeness (QED) is 0.668. The second-order valence-electron chi connectivity index (χ2n) is 5.32. The number of carbonyl (C=O) groups is 2. The molecule has 0 heterocycles. The molecule has 5 heteroatoms. The Hall–Kier alpha value is -1.10. The van der Waals surface area contributed by atoms with Crippen molar-refractivity contribution in [2.45, 2.75) is 33.1 Å². The van der Waals surface area contributed by atoms with Gasteiger partial charge in [0.25, 0.3) is 0 Å². The standard InChI is InChI=1S/C13H27N3O2/c1-10(2)7-11(9-14)8-12(17)15-6-5-13(18)16(3)4/h10-11H,5-9,14H2,1-4H3,(H,15,17). The lowest BCUT2D eigenvalue weighted by molar-refractivity contribution is -0.128. The van der Waals surface area contributed by atoms with E-state index < -0.39 is 0 Å². The van der Waals surface area contributed by atoms with Crippen molar-refractivity contribution in [1.82, 2.24) is 10.2 Å². The maximum atomic E-state index is 11.7. The molecule has 0 saturated heterocycles. The summed E-state index contributed by atoms with van der Waals surface area (Å²) in [5.74, 6) is 0.779. The van der Waals surface area contributed by atoms with Crippen LogP contribution in [0.25, 0.3) is 0 Å². The fourth-order valence-corrected chi connectivity index (χ4v) is 1.80. The van der Waals surface area contributed by atoms with Gasteiger partial charge in [-0.05, 0) is 24.8 Å². The van der Waals surface area contributed by atoms with Crippen molar-refractivity contribution in [2.24, 2.45) is 17.6 Å². The molecule has 0 aromatic heterocycles. The number of nitrogens with one attached hydrogen (secondary N) is 1. The summed E-state index contributed by atoms with van der Waals surface area (Å²) in [4.78, 5) is 24.5. The molecule has 106 valence electrons. The van der Waals surface area contributed by atoms with Crippen molar-refractivity contribution in [2.75, 3.05) is 27.2 Å². The molecule has 0 saturated carbocycles. The molecule has 0 spiro atoms. The maximum Gasteiger partial charge on any atom is 0.223 e. The van der Waals surface area contributed by atoms with Crippen molar-refractivity contribution >= 4 is 11.8 Å². The minimum Gasteiger partial charge on any atom is -0.356 e. The van der Waals surface area contributed by atoms with Crippen LogP contribution in [0.3, 0.4) is 0 Å². The molecule has 0 rings (SSSR count). The Morgan fingerprint density at radius 2 is 1.89 bits per heavy atom. The van der Waals surface area contributed by atoms with Crippen LogP contribution in [0.15, 0.2) is 0 Å². The van der Waals surface area contributed by atoms with Crippen LogP contribution in [-0.4, -0.2) is 43.9 Å². The van der Waals surface area contributed by atoms with Crippen molar-refractivity contribution < 1.29 is 9.59 Å². The van der Waals surface area contributed by atoms with Gasteiger partial charge < -0.3 is 16.0 Å². The van der Waals surface area contributed by atoms with E-state index in [2.05, 4.69) is 19.2 Å². The van der Waals surface area contributed by atoms with Gasteiger partial charge in [0.1, 0.15) is 0 Å². The zero-order chi connectivity index (χ0) is 14.1. The van der Waals surface area contributed by atoms with Gasteiger partial charge in [-0.2, -0.15) is 0 Å². The monoisotopic (exact) mass is 257 g/mol. The molecule has 18 heavy (non-hydrogen) atoms. The summed E-state index contributed by atoms with van der Waals surface area (Å²) in [6.07, 6.45) is 1.75. The largest absolute Gasteiger partial charge is 0.356 e. The fraction of sp³-hybridized carbons (Fsp3) is 0.846. The van der Waals surface area contributed by atoms with Crippen LogP contribution in [0.4, 0.5) is 0 Å². The average Bonchev–Trinajstić information content (AvgIpc) is 2.27. The van der Waals surface area contributed by atoms with Gasteiger partial charge in [0.05, 0.1) is 0 Å². The van der Waals surface area contributed by atoms with Crippen LogP contribution in [0.2, 0.25) is 0 Å². The number of hydrogen-bond donors (Lipinski definition) is 2. The zero-order valence-electron chi connectivity index (χ0n) is 12.0. The van der Waals surface area contributed by atoms with Crippen LogP contribution >= 0.6 is 0 Å². The first-order chi connectivity index (χ1) is 8.36. The third-order valence-corrected chi connectivity index (χ3v) is 2.77. The van der Waals surface area contributed by atoms with E-state index in [1.807, 2.05) is 0 Å². The molecule has 2 amide bonds. The Morgan fingerprint density at radius 3 is 2.33 bits per heavy atom. The Bertz CT molecular complexity index is 265. The molecule has 0 aromatic carbocycles. The molecule has 3 N–H and O–H groups in total. The minimum atomic E-state index is -0.0161. The molecule has 1 unspecified atom stereocenters. The molecule has 5 nitrogen and oxygen atoms in total. The average molecular weight is 257 g/mol. The fourth-order valence-electron chi connectivity index (χ4n) is 1.80. The lowest BCUT2D eigenvalue weighted by Gasteiger charge is -2.16. The number of carbonyl (C=O) groups excluding carboxylic acids is 2. The van der Waals surface area contributed by atoms with Crippen LogP contribution < -0.4 is 11.1 Å². The predicted octanol–water partition coefficient (Wildman–Crippen LogP) is 0.592. The molecular weight excluding hydrogens is 230 g/mol. The Labute approximate surface area is 110 Å². The number of nitrogens with two attached hydrogens (primary N) is 1. The summed E-state index contributed by atoms with van der Waals surface area (Å²) >= 11 is 0. The summed E-state index contributed by atoms with van der Waals surface area (Å²) in [5, 5.41) is 2.76. The lowest BCUT2D eigenvalue weighted by Crippen LogP contribution is -2.32. The summed E-state index contributed by atoms with van der Waals surface area (Å²) < 4.78 is 0. The van der Waals surface area contributed by atoms with Crippen molar-refractivity contribution in [3.63, 3.8) is 0 Å². The molecule has 0 fully saturated rings. The first-order valence-corrected chi connectivity index (χ1v) is 6.53. The first kappa shape index (κ1) is 16.9. The van der Waals surface area contributed by atoms with Gasteiger partial charge in [0.15, 0.2) is 0 Å². The summed E-state index contributed by atoms with van der Waals surface area (Å²) in [5.41, 5.74) is 5.65. The SMILES string of the molecule is CC(C)CC(CN)CC(=O)NCCC(=O)N(C)C. The van der Waals surface area contributed by atoms with Gasteiger partial charge in [-0.25, -0.2) is 0 Å². The van der Waals surface area contributed by atoms with Crippen molar-refractivity contribution in [1.29, 1.82) is 0 Å². The Morgan fingerprint density at radius 1 is 1.28 bits per heavy atom. The second-order valence-corrected chi connectivity index (χ2v) is 5.32. The molecular formula is C13H27N3O2. The highest BCUT2D eigenvalue weighted by molar-refractivity contribution is 5.78. The molecule has 0 aromatic rings. The minimum absolute atomic E-state index is 0.0161. The highest BCUT2D eigenvalue weighted by Gasteiger charge is 2.14. The van der Waals surface area contributed by atoms with E-state index in [1.54, 1.807) is 14.1 Å². The summed E-state index contributed by atoms with van der Waals surface area (Å²) in [6.45, 7) is 5.17. The topological polar surface area (TPSA) is 75.4 Å². The smallest absolute Gasteiger partial charge is 0.223 e. The third kappa shape index (κ3) is 8.06. The van der Waals surface area contributed by atoms with E-state index in [0.717, 1.165) is 6.42 Å². The number of hydrogen-bond acceptors (Lipinski definition) is 3. The summed E-state index contributed by atoms with van der Waals surface area (Å²) in [6, 6.07) is 0. The van der Waals surface area contributed by atoms with Gasteiger partial charge in [-0.1, -0.05) is 13.8 Å².